The Morgan fingerprint density at radius 2 is 2.00 bits per heavy atom. The van der Waals surface area contributed by atoms with E-state index in [0.717, 1.165) is 20.9 Å². The van der Waals surface area contributed by atoms with Crippen LogP contribution in [0.1, 0.15) is 11.9 Å². The van der Waals surface area contributed by atoms with Gasteiger partial charge in [0.05, 0.1) is 34.2 Å². The molecule has 0 saturated heterocycles. The second-order valence-electron chi connectivity index (χ2n) is 6.66. The van der Waals surface area contributed by atoms with Crippen LogP contribution in [0.2, 0.25) is 0 Å². The summed E-state index contributed by atoms with van der Waals surface area (Å²) in [5.41, 5.74) is 2.39. The van der Waals surface area contributed by atoms with Crippen molar-refractivity contribution >= 4 is 44.7 Å². The summed E-state index contributed by atoms with van der Waals surface area (Å²) in [6, 6.07) is 15.0. The number of aromatic nitrogens is 1. The van der Waals surface area contributed by atoms with Gasteiger partial charge in [-0.15, -0.1) is 11.3 Å². The van der Waals surface area contributed by atoms with Crippen LogP contribution in [0.4, 0.5) is 11.4 Å². The molecule has 1 aliphatic rings. The highest BCUT2D eigenvalue weighted by atomic mass is 32.1. The van der Waals surface area contributed by atoms with E-state index in [0.29, 0.717) is 12.2 Å². The molecule has 1 atom stereocenters. The molecule has 1 aliphatic heterocycles. The van der Waals surface area contributed by atoms with Gasteiger partial charge >= 0.3 is 0 Å². The van der Waals surface area contributed by atoms with Crippen LogP contribution >= 0.6 is 11.3 Å². The summed E-state index contributed by atoms with van der Waals surface area (Å²) in [5, 5.41) is 3.78. The van der Waals surface area contributed by atoms with E-state index in [1.807, 2.05) is 67.4 Å². The third kappa shape index (κ3) is 3.43. The zero-order valence-corrected chi connectivity index (χ0v) is 16.0. The average molecular weight is 380 g/mol. The monoisotopic (exact) mass is 380 g/mol. The zero-order chi connectivity index (χ0) is 19.0. The molecule has 1 aromatic heterocycles. The summed E-state index contributed by atoms with van der Waals surface area (Å²) < 4.78 is 1.14. The largest absolute Gasteiger partial charge is 0.323 e. The first-order valence-corrected chi connectivity index (χ1v) is 9.59. The third-order valence-corrected chi connectivity index (χ3v) is 5.80. The number of para-hydroxylation sites is 3. The molecule has 0 spiro atoms. The molecule has 7 heteroatoms. The fourth-order valence-corrected chi connectivity index (χ4v) is 4.21. The van der Waals surface area contributed by atoms with E-state index in [-0.39, 0.29) is 24.4 Å². The van der Waals surface area contributed by atoms with Gasteiger partial charge in [-0.2, -0.15) is 0 Å². The summed E-state index contributed by atoms with van der Waals surface area (Å²) >= 11 is 1.64. The third-order valence-electron chi connectivity index (χ3n) is 4.78. The molecule has 2 aromatic carbocycles. The zero-order valence-electron chi connectivity index (χ0n) is 15.2. The van der Waals surface area contributed by atoms with Crippen molar-refractivity contribution in [3.63, 3.8) is 0 Å². The number of benzene rings is 2. The van der Waals surface area contributed by atoms with Crippen LogP contribution in [0.15, 0.2) is 48.5 Å². The fraction of sp³-hybridized carbons (Fsp3) is 0.250. The number of hydrogen-bond donors (Lipinski definition) is 1. The first-order chi connectivity index (χ1) is 13.0. The Bertz CT molecular complexity index is 983. The number of carbonyl (C=O) groups excluding carboxylic acids is 2. The van der Waals surface area contributed by atoms with Crippen molar-refractivity contribution in [2.75, 3.05) is 23.8 Å². The van der Waals surface area contributed by atoms with Gasteiger partial charge in [-0.1, -0.05) is 24.3 Å². The topological polar surface area (TPSA) is 65.5 Å². The van der Waals surface area contributed by atoms with Gasteiger partial charge in [0.25, 0.3) is 0 Å². The molecule has 0 unspecified atom stereocenters. The second kappa shape index (κ2) is 7.09. The lowest BCUT2D eigenvalue weighted by molar-refractivity contribution is -0.125. The molecule has 0 aliphatic carbocycles. The number of hydrogen-bond acceptors (Lipinski definition) is 5. The van der Waals surface area contributed by atoms with E-state index >= 15 is 0 Å². The van der Waals surface area contributed by atoms with Gasteiger partial charge in [0, 0.05) is 0 Å². The summed E-state index contributed by atoms with van der Waals surface area (Å²) in [4.78, 5) is 33.3. The van der Waals surface area contributed by atoms with Crippen molar-refractivity contribution in [3.05, 3.63) is 53.5 Å². The molecule has 0 saturated carbocycles. The van der Waals surface area contributed by atoms with Crippen LogP contribution < -0.4 is 10.2 Å². The van der Waals surface area contributed by atoms with Crippen molar-refractivity contribution in [1.82, 2.24) is 9.88 Å². The van der Waals surface area contributed by atoms with Gasteiger partial charge in [-0.25, -0.2) is 4.98 Å². The van der Waals surface area contributed by atoms with E-state index in [2.05, 4.69) is 10.3 Å². The molecule has 2 heterocycles. The second-order valence-corrected chi connectivity index (χ2v) is 7.77. The van der Waals surface area contributed by atoms with E-state index in [4.69, 9.17) is 0 Å². The molecule has 27 heavy (non-hydrogen) atoms. The first kappa shape index (κ1) is 17.6. The van der Waals surface area contributed by atoms with E-state index in [9.17, 15) is 9.59 Å². The van der Waals surface area contributed by atoms with Crippen molar-refractivity contribution < 1.29 is 9.59 Å². The predicted octanol–water partition coefficient (Wildman–Crippen LogP) is 3.10. The lowest BCUT2D eigenvalue weighted by atomic mass is 10.1. The fourth-order valence-electron chi connectivity index (χ4n) is 3.18. The normalized spacial score (nSPS) is 14.9. The van der Waals surface area contributed by atoms with Gasteiger partial charge < -0.3 is 5.32 Å². The highest BCUT2D eigenvalue weighted by Crippen LogP contribution is 2.30. The molecule has 4 rings (SSSR count). The Morgan fingerprint density at radius 1 is 1.26 bits per heavy atom. The number of nitrogens with one attached hydrogen (secondary N) is 1. The molecule has 3 aromatic rings. The molecule has 2 amide bonds. The Kier molecular flexibility index (Phi) is 4.63. The molecular formula is C20H20N4O2S. The van der Waals surface area contributed by atoms with Crippen LogP contribution in [-0.2, 0) is 16.1 Å². The van der Waals surface area contributed by atoms with Crippen molar-refractivity contribution in [2.45, 2.75) is 19.5 Å². The van der Waals surface area contributed by atoms with Gasteiger partial charge in [0.1, 0.15) is 11.6 Å². The molecule has 0 fully saturated rings. The molecule has 0 bridgehead atoms. The minimum absolute atomic E-state index is 0.0369. The minimum atomic E-state index is -0.379. The number of amides is 2. The van der Waals surface area contributed by atoms with Crippen molar-refractivity contribution in [2.24, 2.45) is 0 Å². The number of carbonyl (C=O) groups is 2. The lowest BCUT2D eigenvalue weighted by Gasteiger charge is -2.33. The quantitative estimate of drug-likeness (QED) is 0.755. The maximum Gasteiger partial charge on any atom is 0.244 e. The SMILES string of the molecule is C[C@H](C(=O)N1CC(=O)Nc2ccccc21)N(C)Cc1nc2ccccc2s1. The molecule has 6 nitrogen and oxygen atoms in total. The summed E-state index contributed by atoms with van der Waals surface area (Å²) in [6.45, 7) is 2.48. The predicted molar refractivity (Wildman–Crippen MR) is 108 cm³/mol. The maximum absolute atomic E-state index is 13.1. The van der Waals surface area contributed by atoms with Crippen LogP contribution in [-0.4, -0.2) is 41.3 Å². The summed E-state index contributed by atoms with van der Waals surface area (Å²) in [7, 11) is 1.91. The number of likely N-dealkylation sites (N-methyl/N-ethyl adjacent to an activating group) is 1. The van der Waals surface area contributed by atoms with E-state index in [1.165, 1.54) is 0 Å². The van der Waals surface area contributed by atoms with E-state index < -0.39 is 0 Å². The lowest BCUT2D eigenvalue weighted by Crippen LogP contribution is -2.50. The molecule has 1 N–H and O–H groups in total. The Labute approximate surface area is 161 Å². The van der Waals surface area contributed by atoms with Crippen LogP contribution in [0.25, 0.3) is 10.2 Å². The van der Waals surface area contributed by atoms with Crippen LogP contribution in [0.3, 0.4) is 0 Å². The smallest absolute Gasteiger partial charge is 0.244 e. The number of anilines is 2. The van der Waals surface area contributed by atoms with Crippen molar-refractivity contribution in [3.8, 4) is 0 Å². The first-order valence-electron chi connectivity index (χ1n) is 8.78. The van der Waals surface area contributed by atoms with Crippen LogP contribution in [0.5, 0.6) is 0 Å². The Morgan fingerprint density at radius 3 is 2.81 bits per heavy atom. The highest BCUT2D eigenvalue weighted by molar-refractivity contribution is 7.18. The standard InChI is InChI=1S/C20H20N4O2S/c1-13(23(2)12-19-22-15-8-4-6-10-17(15)27-19)20(26)24-11-18(25)21-14-7-3-5-9-16(14)24/h3-10,13H,11-12H2,1-2H3,(H,21,25)/t13-/m1/s1. The molecule has 0 radical (unpaired) electrons. The molecule has 138 valence electrons. The van der Waals surface area contributed by atoms with Crippen LogP contribution in [0, 0.1) is 0 Å². The highest BCUT2D eigenvalue weighted by Gasteiger charge is 2.31. The number of rotatable bonds is 4. The number of thiazole rings is 1. The van der Waals surface area contributed by atoms with Gasteiger partial charge in [-0.3, -0.25) is 19.4 Å². The Hall–Kier alpha value is -2.77. The number of fused-ring (bicyclic) bond motifs is 2. The maximum atomic E-state index is 13.1. The Balaban J connectivity index is 1.52. The average Bonchev–Trinajstić information content (AvgIpc) is 3.08. The summed E-state index contributed by atoms with van der Waals surface area (Å²) in [5.74, 6) is -0.274. The molecular weight excluding hydrogens is 360 g/mol. The summed E-state index contributed by atoms with van der Waals surface area (Å²) in [6.07, 6.45) is 0. The van der Waals surface area contributed by atoms with Crippen molar-refractivity contribution in [1.29, 1.82) is 0 Å². The van der Waals surface area contributed by atoms with Gasteiger partial charge in [0.2, 0.25) is 11.8 Å². The number of nitrogens with zero attached hydrogens (tertiary/aromatic N) is 3. The minimum Gasteiger partial charge on any atom is -0.323 e. The van der Waals surface area contributed by atoms with Gasteiger partial charge in [-0.05, 0) is 38.2 Å². The van der Waals surface area contributed by atoms with Gasteiger partial charge in [0.15, 0.2) is 0 Å². The van der Waals surface area contributed by atoms with E-state index in [1.54, 1.807) is 16.2 Å².